The van der Waals surface area contributed by atoms with E-state index in [1.54, 1.807) is 52.3 Å². The predicted molar refractivity (Wildman–Crippen MR) is 123 cm³/mol. The Balaban J connectivity index is 1.29. The fraction of sp³-hybridized carbons (Fsp3) is 0.333. The lowest BCUT2D eigenvalue weighted by Crippen LogP contribution is -2.41. The first-order chi connectivity index (χ1) is 16.4. The highest BCUT2D eigenvalue weighted by Crippen LogP contribution is 2.37. The monoisotopic (exact) mass is 482 g/mol. The summed E-state index contributed by atoms with van der Waals surface area (Å²) in [7, 11) is 0. The number of benzene rings is 2. The van der Waals surface area contributed by atoms with E-state index in [2.05, 4.69) is 10.2 Å². The van der Waals surface area contributed by atoms with Gasteiger partial charge in [-0.15, -0.1) is 10.2 Å². The fourth-order valence-electron chi connectivity index (χ4n) is 4.10. The number of hydrogen-bond donors (Lipinski definition) is 0. The Morgan fingerprint density at radius 2 is 1.91 bits per heavy atom. The van der Waals surface area contributed by atoms with E-state index in [9.17, 15) is 9.59 Å². The van der Waals surface area contributed by atoms with Gasteiger partial charge in [0.05, 0.1) is 12.5 Å². The van der Waals surface area contributed by atoms with Crippen LogP contribution in [0.25, 0.3) is 11.5 Å². The molecule has 1 atom stereocenters. The highest BCUT2D eigenvalue weighted by molar-refractivity contribution is 6.30. The normalized spacial score (nSPS) is 17.0. The van der Waals surface area contributed by atoms with Gasteiger partial charge in [0.15, 0.2) is 11.5 Å². The number of fused-ring (bicyclic) bond motifs is 1. The van der Waals surface area contributed by atoms with Crippen molar-refractivity contribution in [2.24, 2.45) is 5.92 Å². The Labute approximate surface area is 201 Å². The molecule has 1 fully saturated rings. The lowest BCUT2D eigenvalue weighted by atomic mass is 10.1. The van der Waals surface area contributed by atoms with Crippen LogP contribution in [0.4, 0.5) is 5.69 Å². The molecule has 9 nitrogen and oxygen atoms in total. The van der Waals surface area contributed by atoms with Crippen molar-refractivity contribution in [3.05, 3.63) is 53.4 Å². The molecule has 2 amide bonds. The lowest BCUT2D eigenvalue weighted by Gasteiger charge is -2.28. The van der Waals surface area contributed by atoms with Crippen LogP contribution in [-0.2, 0) is 16.1 Å². The minimum atomic E-state index is -0.473. The molecule has 0 bridgehead atoms. The third kappa shape index (κ3) is 4.31. The summed E-state index contributed by atoms with van der Waals surface area (Å²) in [4.78, 5) is 29.5. The molecule has 2 aliphatic heterocycles. The molecule has 2 aromatic carbocycles. The maximum Gasteiger partial charge on any atom is 0.247 e. The molecule has 1 aromatic heterocycles. The van der Waals surface area contributed by atoms with E-state index >= 15 is 0 Å². The molecule has 1 saturated heterocycles. The summed E-state index contributed by atoms with van der Waals surface area (Å²) in [6.07, 6.45) is 0.135. The van der Waals surface area contributed by atoms with Crippen LogP contribution in [-0.4, -0.2) is 46.3 Å². The van der Waals surface area contributed by atoms with E-state index in [0.717, 1.165) is 5.56 Å². The standard InChI is InChI=1S/C24H23ClN4O5/c1-14(2)28(12-21-26-27-23(34-21)15-3-5-17(25)6-4-15)24(31)16-9-22(30)29(11-16)18-7-8-19-20(10-18)33-13-32-19/h3-8,10,14,16H,9,11-13H2,1-2H3. The SMILES string of the molecule is CC(C)N(Cc1nnc(-c2ccc(Cl)cc2)o1)C(=O)C1CC(=O)N(c2ccc3c(c2)OCO3)C1. The lowest BCUT2D eigenvalue weighted by molar-refractivity contribution is -0.138. The molecule has 0 radical (unpaired) electrons. The molecule has 5 rings (SSSR count). The van der Waals surface area contributed by atoms with Gasteiger partial charge in [0, 0.05) is 41.3 Å². The Morgan fingerprint density at radius 3 is 2.68 bits per heavy atom. The van der Waals surface area contributed by atoms with Crippen LogP contribution in [0.5, 0.6) is 11.5 Å². The van der Waals surface area contributed by atoms with Crippen LogP contribution < -0.4 is 14.4 Å². The van der Waals surface area contributed by atoms with Gasteiger partial charge in [-0.05, 0) is 50.2 Å². The van der Waals surface area contributed by atoms with E-state index in [1.807, 2.05) is 13.8 Å². The number of carbonyl (C=O) groups excluding carboxylic acids is 2. The van der Waals surface area contributed by atoms with Crippen molar-refractivity contribution in [3.63, 3.8) is 0 Å². The number of nitrogens with zero attached hydrogens (tertiary/aromatic N) is 4. The third-order valence-corrected chi connectivity index (χ3v) is 6.16. The highest BCUT2D eigenvalue weighted by Gasteiger charge is 2.38. The van der Waals surface area contributed by atoms with Gasteiger partial charge in [-0.1, -0.05) is 11.6 Å². The molecular formula is C24H23ClN4O5. The molecule has 176 valence electrons. The molecule has 3 heterocycles. The number of carbonyl (C=O) groups is 2. The molecule has 0 aliphatic carbocycles. The first-order valence-corrected chi connectivity index (χ1v) is 11.4. The van der Waals surface area contributed by atoms with Crippen LogP contribution in [0.3, 0.4) is 0 Å². The second-order valence-electron chi connectivity index (χ2n) is 8.51. The average molecular weight is 483 g/mol. The zero-order valence-corrected chi connectivity index (χ0v) is 19.5. The number of hydrogen-bond acceptors (Lipinski definition) is 7. The number of halogens is 1. The van der Waals surface area contributed by atoms with Crippen molar-refractivity contribution in [3.8, 4) is 23.0 Å². The van der Waals surface area contributed by atoms with Crippen LogP contribution in [0.1, 0.15) is 26.2 Å². The third-order valence-electron chi connectivity index (χ3n) is 5.91. The van der Waals surface area contributed by atoms with Crippen molar-refractivity contribution in [1.82, 2.24) is 15.1 Å². The molecule has 0 spiro atoms. The Hall–Kier alpha value is -3.59. The number of ether oxygens (including phenoxy) is 2. The number of aromatic nitrogens is 2. The minimum absolute atomic E-state index is 0.108. The number of anilines is 1. The van der Waals surface area contributed by atoms with E-state index in [0.29, 0.717) is 40.5 Å². The first-order valence-electron chi connectivity index (χ1n) is 11.0. The van der Waals surface area contributed by atoms with Crippen LogP contribution in [0, 0.1) is 5.92 Å². The molecular weight excluding hydrogens is 460 g/mol. The summed E-state index contributed by atoms with van der Waals surface area (Å²) in [6, 6.07) is 12.3. The molecule has 3 aromatic rings. The quantitative estimate of drug-likeness (QED) is 0.525. The molecule has 0 saturated carbocycles. The molecule has 0 N–H and O–H groups in total. The zero-order valence-electron chi connectivity index (χ0n) is 18.7. The van der Waals surface area contributed by atoms with Gasteiger partial charge in [0.2, 0.25) is 30.4 Å². The maximum atomic E-state index is 13.4. The van der Waals surface area contributed by atoms with Crippen molar-refractivity contribution >= 4 is 29.1 Å². The largest absolute Gasteiger partial charge is 0.454 e. The van der Waals surface area contributed by atoms with E-state index < -0.39 is 5.92 Å². The number of amides is 2. The molecule has 1 unspecified atom stereocenters. The van der Waals surface area contributed by atoms with E-state index in [1.165, 1.54) is 0 Å². The predicted octanol–water partition coefficient (Wildman–Crippen LogP) is 3.91. The Bertz CT molecular complexity index is 1230. The van der Waals surface area contributed by atoms with E-state index in [4.69, 9.17) is 25.5 Å². The van der Waals surface area contributed by atoms with Crippen LogP contribution in [0.2, 0.25) is 5.02 Å². The van der Waals surface area contributed by atoms with E-state index in [-0.39, 0.29) is 37.6 Å². The first kappa shape index (κ1) is 22.2. The van der Waals surface area contributed by atoms with Crippen LogP contribution in [0.15, 0.2) is 46.9 Å². The van der Waals surface area contributed by atoms with Gasteiger partial charge >= 0.3 is 0 Å². The second-order valence-corrected chi connectivity index (χ2v) is 8.95. The zero-order chi connectivity index (χ0) is 23.8. The fourth-order valence-corrected chi connectivity index (χ4v) is 4.22. The molecule has 10 heteroatoms. The topological polar surface area (TPSA) is 98.0 Å². The van der Waals surface area contributed by atoms with Crippen molar-refractivity contribution in [2.45, 2.75) is 32.9 Å². The Morgan fingerprint density at radius 1 is 1.15 bits per heavy atom. The maximum absolute atomic E-state index is 13.4. The highest BCUT2D eigenvalue weighted by atomic mass is 35.5. The smallest absolute Gasteiger partial charge is 0.247 e. The van der Waals surface area contributed by atoms with Crippen molar-refractivity contribution < 1.29 is 23.5 Å². The second kappa shape index (κ2) is 8.98. The van der Waals surface area contributed by atoms with Gasteiger partial charge in [0.25, 0.3) is 0 Å². The van der Waals surface area contributed by atoms with Crippen molar-refractivity contribution in [1.29, 1.82) is 0 Å². The number of rotatable bonds is 6. The van der Waals surface area contributed by atoms with Gasteiger partial charge in [0.1, 0.15) is 0 Å². The summed E-state index contributed by atoms with van der Waals surface area (Å²) in [5, 5.41) is 8.82. The minimum Gasteiger partial charge on any atom is -0.454 e. The summed E-state index contributed by atoms with van der Waals surface area (Å²) in [6.45, 7) is 4.44. The summed E-state index contributed by atoms with van der Waals surface area (Å²) < 4.78 is 16.6. The van der Waals surface area contributed by atoms with Gasteiger partial charge in [-0.2, -0.15) is 0 Å². The summed E-state index contributed by atoms with van der Waals surface area (Å²) in [5.41, 5.74) is 1.43. The Kier molecular flexibility index (Phi) is 5.87. The molecule has 2 aliphatic rings. The van der Waals surface area contributed by atoms with Gasteiger partial charge in [-0.25, -0.2) is 0 Å². The summed E-state index contributed by atoms with van der Waals surface area (Å²) >= 11 is 5.94. The van der Waals surface area contributed by atoms with Gasteiger partial charge in [-0.3, -0.25) is 9.59 Å². The van der Waals surface area contributed by atoms with Crippen molar-refractivity contribution in [2.75, 3.05) is 18.2 Å². The molecule has 34 heavy (non-hydrogen) atoms. The summed E-state index contributed by atoms with van der Waals surface area (Å²) in [5.74, 6) is 1.21. The van der Waals surface area contributed by atoms with Crippen LogP contribution >= 0.6 is 11.6 Å². The average Bonchev–Trinajstić information content (AvgIpc) is 3.56. The van der Waals surface area contributed by atoms with Gasteiger partial charge < -0.3 is 23.7 Å².